The number of benzene rings is 1. The average Bonchev–Trinajstić information content (AvgIpc) is 2.38. The van der Waals surface area contributed by atoms with Crippen molar-refractivity contribution in [2.45, 2.75) is 0 Å². The van der Waals surface area contributed by atoms with Gasteiger partial charge in [-0.05, 0) is 30.3 Å². The molecule has 1 amide bonds. The van der Waals surface area contributed by atoms with Gasteiger partial charge in [0.25, 0.3) is 5.91 Å². The SMILES string of the molecule is NC(=O)c1cc(Nc2ccc(C(=O)O)c(Cl)c2)ccn1. The molecule has 0 fully saturated rings. The molecule has 0 unspecified atom stereocenters. The van der Waals surface area contributed by atoms with Crippen LogP contribution >= 0.6 is 11.6 Å². The number of anilines is 2. The van der Waals surface area contributed by atoms with Crippen molar-refractivity contribution >= 4 is 34.9 Å². The Bertz CT molecular complexity index is 688. The third kappa shape index (κ3) is 3.04. The Morgan fingerprint density at radius 2 is 1.90 bits per heavy atom. The number of carbonyl (C=O) groups excluding carboxylic acids is 1. The fourth-order valence-corrected chi connectivity index (χ4v) is 1.84. The zero-order chi connectivity index (χ0) is 14.7. The Morgan fingerprint density at radius 3 is 2.50 bits per heavy atom. The monoisotopic (exact) mass is 291 g/mol. The second-order valence-electron chi connectivity index (χ2n) is 3.92. The maximum atomic E-state index is 11.0. The number of amides is 1. The van der Waals surface area contributed by atoms with Crippen LogP contribution in [0.5, 0.6) is 0 Å². The van der Waals surface area contributed by atoms with Gasteiger partial charge >= 0.3 is 5.97 Å². The van der Waals surface area contributed by atoms with Gasteiger partial charge in [-0.3, -0.25) is 9.78 Å². The molecule has 4 N–H and O–H groups in total. The van der Waals surface area contributed by atoms with Crippen molar-refractivity contribution < 1.29 is 14.7 Å². The lowest BCUT2D eigenvalue weighted by Gasteiger charge is -2.08. The van der Waals surface area contributed by atoms with Crippen LogP contribution in [0.1, 0.15) is 20.8 Å². The van der Waals surface area contributed by atoms with E-state index >= 15 is 0 Å². The number of pyridine rings is 1. The summed E-state index contributed by atoms with van der Waals surface area (Å²) in [5.41, 5.74) is 6.46. The number of carboxylic acids is 1. The van der Waals surface area contributed by atoms with E-state index < -0.39 is 11.9 Å². The fraction of sp³-hybridized carbons (Fsp3) is 0. The van der Waals surface area contributed by atoms with Crippen LogP contribution in [0.4, 0.5) is 11.4 Å². The van der Waals surface area contributed by atoms with Crippen molar-refractivity contribution in [2.75, 3.05) is 5.32 Å². The Kier molecular flexibility index (Phi) is 3.86. The molecule has 6 nitrogen and oxygen atoms in total. The molecule has 1 aromatic carbocycles. The molecule has 0 aliphatic carbocycles. The predicted octanol–water partition coefficient (Wildman–Crippen LogP) is 2.28. The lowest BCUT2D eigenvalue weighted by molar-refractivity contribution is 0.0697. The standard InChI is InChI=1S/C13H10ClN3O3/c14-10-5-7(1-2-9(10)13(19)20)17-8-3-4-16-11(6-8)12(15)18/h1-6H,(H2,15,18)(H,16,17)(H,19,20). The van der Waals surface area contributed by atoms with E-state index in [0.717, 1.165) is 0 Å². The van der Waals surface area contributed by atoms with Crippen molar-refractivity contribution in [2.24, 2.45) is 5.73 Å². The van der Waals surface area contributed by atoms with Crippen LogP contribution in [-0.2, 0) is 0 Å². The molecule has 0 aliphatic rings. The topological polar surface area (TPSA) is 105 Å². The number of aromatic nitrogens is 1. The van der Waals surface area contributed by atoms with Gasteiger partial charge in [0.15, 0.2) is 0 Å². The molecule has 2 rings (SSSR count). The number of rotatable bonds is 4. The fourth-order valence-electron chi connectivity index (χ4n) is 1.58. The Hall–Kier alpha value is -2.60. The van der Waals surface area contributed by atoms with Crippen LogP contribution in [0, 0.1) is 0 Å². The summed E-state index contributed by atoms with van der Waals surface area (Å²) in [5, 5.41) is 12.0. The first-order valence-electron chi connectivity index (χ1n) is 5.53. The maximum absolute atomic E-state index is 11.0. The van der Waals surface area contributed by atoms with Crippen LogP contribution in [-0.4, -0.2) is 22.0 Å². The molecule has 20 heavy (non-hydrogen) atoms. The molecule has 0 radical (unpaired) electrons. The van der Waals surface area contributed by atoms with E-state index in [2.05, 4.69) is 10.3 Å². The highest BCUT2D eigenvalue weighted by Gasteiger charge is 2.09. The number of hydrogen-bond acceptors (Lipinski definition) is 4. The number of nitrogens with two attached hydrogens (primary N) is 1. The van der Waals surface area contributed by atoms with Crippen molar-refractivity contribution in [3.8, 4) is 0 Å². The van der Waals surface area contributed by atoms with Crippen molar-refractivity contribution in [1.29, 1.82) is 0 Å². The summed E-state index contributed by atoms with van der Waals surface area (Å²) in [6.07, 6.45) is 1.44. The molecule has 0 bridgehead atoms. The summed E-state index contributed by atoms with van der Waals surface area (Å²) >= 11 is 5.87. The van der Waals surface area contributed by atoms with E-state index in [1.807, 2.05) is 0 Å². The van der Waals surface area contributed by atoms with Crippen LogP contribution in [0.15, 0.2) is 36.5 Å². The van der Waals surface area contributed by atoms with Crippen LogP contribution < -0.4 is 11.1 Å². The number of hydrogen-bond donors (Lipinski definition) is 3. The highest BCUT2D eigenvalue weighted by molar-refractivity contribution is 6.33. The molecule has 2 aromatic rings. The molecule has 102 valence electrons. The summed E-state index contributed by atoms with van der Waals surface area (Å²) in [5.74, 6) is -1.73. The van der Waals surface area contributed by atoms with Gasteiger partial charge in [0.1, 0.15) is 5.69 Å². The molecule has 7 heteroatoms. The molecule has 0 saturated heterocycles. The summed E-state index contributed by atoms with van der Waals surface area (Å²) in [4.78, 5) is 25.7. The number of carbonyl (C=O) groups is 2. The van der Waals surface area contributed by atoms with E-state index in [1.165, 1.54) is 24.4 Å². The number of halogens is 1. The maximum Gasteiger partial charge on any atom is 0.337 e. The molecule has 0 atom stereocenters. The van der Waals surface area contributed by atoms with Gasteiger partial charge < -0.3 is 16.2 Å². The lowest BCUT2D eigenvalue weighted by Crippen LogP contribution is -2.12. The Morgan fingerprint density at radius 1 is 1.20 bits per heavy atom. The molecular weight excluding hydrogens is 282 g/mol. The van der Waals surface area contributed by atoms with E-state index in [9.17, 15) is 9.59 Å². The highest BCUT2D eigenvalue weighted by atomic mass is 35.5. The van der Waals surface area contributed by atoms with Gasteiger partial charge in [0.2, 0.25) is 0 Å². The summed E-state index contributed by atoms with van der Waals surface area (Å²) < 4.78 is 0. The minimum Gasteiger partial charge on any atom is -0.478 e. The highest BCUT2D eigenvalue weighted by Crippen LogP contribution is 2.23. The third-order valence-electron chi connectivity index (χ3n) is 2.50. The second kappa shape index (κ2) is 5.58. The van der Waals surface area contributed by atoms with Gasteiger partial charge in [-0.1, -0.05) is 11.6 Å². The van der Waals surface area contributed by atoms with Gasteiger partial charge in [-0.25, -0.2) is 4.79 Å². The number of nitrogens with zero attached hydrogens (tertiary/aromatic N) is 1. The summed E-state index contributed by atoms with van der Waals surface area (Å²) in [6.45, 7) is 0. The average molecular weight is 292 g/mol. The number of nitrogens with one attached hydrogen (secondary N) is 1. The summed E-state index contributed by atoms with van der Waals surface area (Å²) in [6, 6.07) is 7.57. The van der Waals surface area contributed by atoms with Crippen LogP contribution in [0.25, 0.3) is 0 Å². The van der Waals surface area contributed by atoms with Gasteiger partial charge in [0.05, 0.1) is 10.6 Å². The van der Waals surface area contributed by atoms with E-state index in [-0.39, 0.29) is 16.3 Å². The first kappa shape index (κ1) is 13.8. The minimum atomic E-state index is -1.10. The first-order valence-corrected chi connectivity index (χ1v) is 5.91. The molecule has 1 heterocycles. The summed E-state index contributed by atoms with van der Waals surface area (Å²) in [7, 11) is 0. The quantitative estimate of drug-likeness (QED) is 0.801. The first-order chi connectivity index (χ1) is 9.47. The lowest BCUT2D eigenvalue weighted by atomic mass is 10.2. The molecular formula is C13H10ClN3O3. The van der Waals surface area contributed by atoms with Crippen LogP contribution in [0.2, 0.25) is 5.02 Å². The molecule has 0 spiro atoms. The van der Waals surface area contributed by atoms with Crippen molar-refractivity contribution in [3.05, 3.63) is 52.8 Å². The minimum absolute atomic E-state index is 0.0183. The molecule has 1 aromatic heterocycles. The van der Waals surface area contributed by atoms with Crippen molar-refractivity contribution in [3.63, 3.8) is 0 Å². The number of aromatic carboxylic acids is 1. The smallest absolute Gasteiger partial charge is 0.337 e. The van der Waals surface area contributed by atoms with E-state index in [1.54, 1.807) is 12.1 Å². The molecule has 0 aliphatic heterocycles. The zero-order valence-corrected chi connectivity index (χ0v) is 10.9. The largest absolute Gasteiger partial charge is 0.478 e. The Balaban J connectivity index is 2.26. The van der Waals surface area contributed by atoms with Crippen molar-refractivity contribution in [1.82, 2.24) is 4.98 Å². The van der Waals surface area contributed by atoms with E-state index in [4.69, 9.17) is 22.4 Å². The second-order valence-corrected chi connectivity index (χ2v) is 4.33. The predicted molar refractivity (Wildman–Crippen MR) is 74.4 cm³/mol. The zero-order valence-electron chi connectivity index (χ0n) is 10.1. The number of primary amides is 1. The van der Waals surface area contributed by atoms with Gasteiger partial charge in [0, 0.05) is 17.6 Å². The van der Waals surface area contributed by atoms with Gasteiger partial charge in [-0.15, -0.1) is 0 Å². The van der Waals surface area contributed by atoms with E-state index in [0.29, 0.717) is 11.4 Å². The third-order valence-corrected chi connectivity index (χ3v) is 2.81. The van der Waals surface area contributed by atoms with Gasteiger partial charge in [-0.2, -0.15) is 0 Å². The normalized spacial score (nSPS) is 10.1. The molecule has 0 saturated carbocycles. The Labute approximate surface area is 119 Å². The number of carboxylic acid groups (broad SMARTS) is 1. The van der Waals surface area contributed by atoms with Crippen LogP contribution in [0.3, 0.4) is 0 Å².